The van der Waals surface area contributed by atoms with Crippen molar-refractivity contribution in [3.63, 3.8) is 0 Å². The van der Waals surface area contributed by atoms with Crippen LogP contribution in [-0.2, 0) is 0 Å². The largest absolute Gasteiger partial charge is 0.258 e. The van der Waals surface area contributed by atoms with Crippen molar-refractivity contribution in [2.24, 2.45) is 9.98 Å². The highest BCUT2D eigenvalue weighted by Crippen LogP contribution is 2.27. The minimum Gasteiger partial charge on any atom is -0.258 e. The molecule has 0 aliphatic heterocycles. The Labute approximate surface area is 154 Å². The van der Waals surface area contributed by atoms with Crippen molar-refractivity contribution in [3.05, 3.63) is 52.2 Å². The SMILES string of the molecule is C\C=C(C(CCC)=Nc1c(C)cc(C)cc1C)/C(C)=N/C(C)=C\CC. The van der Waals surface area contributed by atoms with Gasteiger partial charge in [-0.15, -0.1) is 0 Å². The second-order valence-corrected chi connectivity index (χ2v) is 6.71. The normalized spacial score (nSPS) is 14.2. The Hall–Kier alpha value is -1.96. The number of benzene rings is 1. The van der Waals surface area contributed by atoms with Crippen LogP contribution in [0.1, 0.15) is 70.6 Å². The van der Waals surface area contributed by atoms with Gasteiger partial charge in [0.2, 0.25) is 0 Å². The van der Waals surface area contributed by atoms with Crippen LogP contribution in [0, 0.1) is 20.8 Å². The summed E-state index contributed by atoms with van der Waals surface area (Å²) in [4.78, 5) is 9.85. The van der Waals surface area contributed by atoms with E-state index in [2.05, 4.69) is 79.7 Å². The second kappa shape index (κ2) is 10.1. The first-order valence-electron chi connectivity index (χ1n) is 9.38. The van der Waals surface area contributed by atoms with E-state index in [1.54, 1.807) is 0 Å². The van der Waals surface area contributed by atoms with Crippen LogP contribution in [0.15, 0.2) is 45.5 Å². The molecule has 0 aliphatic carbocycles. The quantitative estimate of drug-likeness (QED) is 0.469. The number of aliphatic imine (C=N–C) groups is 2. The van der Waals surface area contributed by atoms with Gasteiger partial charge in [-0.05, 0) is 65.5 Å². The second-order valence-electron chi connectivity index (χ2n) is 6.71. The molecule has 0 radical (unpaired) electrons. The topological polar surface area (TPSA) is 24.7 Å². The zero-order valence-electron chi connectivity index (χ0n) is 17.3. The molecule has 0 saturated heterocycles. The first kappa shape index (κ1) is 21.1. The molecule has 0 unspecified atom stereocenters. The summed E-state index contributed by atoms with van der Waals surface area (Å²) in [6, 6.07) is 4.42. The minimum atomic E-state index is 0.954. The Balaban J connectivity index is 3.41. The summed E-state index contributed by atoms with van der Waals surface area (Å²) in [6.45, 7) is 17.0. The van der Waals surface area contributed by atoms with Gasteiger partial charge < -0.3 is 0 Å². The number of aryl methyl sites for hydroxylation is 3. The van der Waals surface area contributed by atoms with Crippen LogP contribution in [0.25, 0.3) is 0 Å². The summed E-state index contributed by atoms with van der Waals surface area (Å²) in [5.41, 5.74) is 9.25. The van der Waals surface area contributed by atoms with E-state index >= 15 is 0 Å². The maximum absolute atomic E-state index is 5.08. The highest BCUT2D eigenvalue weighted by molar-refractivity contribution is 6.24. The lowest BCUT2D eigenvalue weighted by Gasteiger charge is -2.14. The average Bonchev–Trinajstić information content (AvgIpc) is 2.51. The van der Waals surface area contributed by atoms with Crippen LogP contribution in [-0.4, -0.2) is 11.4 Å². The third-order valence-electron chi connectivity index (χ3n) is 4.20. The van der Waals surface area contributed by atoms with Crippen molar-refractivity contribution < 1.29 is 0 Å². The number of rotatable bonds is 7. The highest BCUT2D eigenvalue weighted by Gasteiger charge is 2.12. The van der Waals surface area contributed by atoms with Crippen molar-refractivity contribution in [2.75, 3.05) is 0 Å². The van der Waals surface area contributed by atoms with Crippen LogP contribution in [0.3, 0.4) is 0 Å². The number of nitrogens with zero attached hydrogens (tertiary/aromatic N) is 2. The van der Waals surface area contributed by atoms with Crippen LogP contribution < -0.4 is 0 Å². The molecule has 0 aliphatic rings. The molecule has 0 heterocycles. The summed E-state index contributed by atoms with van der Waals surface area (Å²) in [5.74, 6) is 0. The van der Waals surface area contributed by atoms with Crippen LogP contribution in [0.4, 0.5) is 5.69 Å². The molecule has 0 N–H and O–H groups in total. The van der Waals surface area contributed by atoms with Crippen molar-refractivity contribution in [1.82, 2.24) is 0 Å². The monoisotopic (exact) mass is 338 g/mol. The molecule has 2 nitrogen and oxygen atoms in total. The molecule has 25 heavy (non-hydrogen) atoms. The van der Waals surface area contributed by atoms with Gasteiger partial charge in [-0.25, -0.2) is 0 Å². The van der Waals surface area contributed by atoms with E-state index in [9.17, 15) is 0 Å². The lowest BCUT2D eigenvalue weighted by Crippen LogP contribution is -2.11. The van der Waals surface area contributed by atoms with E-state index in [0.29, 0.717) is 0 Å². The van der Waals surface area contributed by atoms with E-state index in [1.165, 1.54) is 16.7 Å². The molecule has 1 aromatic carbocycles. The molecule has 0 bridgehead atoms. The predicted molar refractivity (Wildman–Crippen MR) is 114 cm³/mol. The van der Waals surface area contributed by atoms with Gasteiger partial charge in [0.15, 0.2) is 0 Å². The Kier molecular flexibility index (Phi) is 8.54. The Morgan fingerprint density at radius 2 is 1.64 bits per heavy atom. The van der Waals surface area contributed by atoms with E-state index in [-0.39, 0.29) is 0 Å². The van der Waals surface area contributed by atoms with Gasteiger partial charge in [-0.1, -0.05) is 50.1 Å². The Morgan fingerprint density at radius 1 is 1.04 bits per heavy atom. The van der Waals surface area contributed by atoms with Gasteiger partial charge >= 0.3 is 0 Å². The van der Waals surface area contributed by atoms with Crippen molar-refractivity contribution in [3.8, 4) is 0 Å². The highest BCUT2D eigenvalue weighted by atomic mass is 14.8. The number of hydrogen-bond acceptors (Lipinski definition) is 2. The lowest BCUT2D eigenvalue weighted by atomic mass is 10.00. The van der Waals surface area contributed by atoms with Crippen molar-refractivity contribution >= 4 is 17.1 Å². The smallest absolute Gasteiger partial charge is 0.0691 e. The molecule has 0 aromatic heterocycles. The van der Waals surface area contributed by atoms with Gasteiger partial charge in [0.1, 0.15) is 0 Å². The Bertz CT molecular complexity index is 693. The van der Waals surface area contributed by atoms with E-state index in [4.69, 9.17) is 9.98 Å². The molecule has 136 valence electrons. The van der Waals surface area contributed by atoms with Gasteiger partial charge in [-0.2, -0.15) is 0 Å². The summed E-state index contributed by atoms with van der Waals surface area (Å²) in [6.07, 6.45) is 7.32. The van der Waals surface area contributed by atoms with Gasteiger partial charge in [0, 0.05) is 22.7 Å². The fourth-order valence-electron chi connectivity index (χ4n) is 3.22. The van der Waals surface area contributed by atoms with Crippen LogP contribution in [0.5, 0.6) is 0 Å². The molecule has 0 saturated carbocycles. The van der Waals surface area contributed by atoms with Crippen LogP contribution in [0.2, 0.25) is 0 Å². The fraction of sp³-hybridized carbons (Fsp3) is 0.478. The molecular formula is C23H34N2. The molecule has 0 spiro atoms. The number of allylic oxidation sites excluding steroid dienone is 4. The fourth-order valence-corrected chi connectivity index (χ4v) is 3.22. The van der Waals surface area contributed by atoms with E-state index in [1.807, 2.05) is 0 Å². The van der Waals surface area contributed by atoms with Gasteiger partial charge in [0.05, 0.1) is 5.69 Å². The Morgan fingerprint density at radius 3 is 2.12 bits per heavy atom. The summed E-state index contributed by atoms with van der Waals surface area (Å²) in [7, 11) is 0. The first-order valence-corrected chi connectivity index (χ1v) is 9.38. The molecule has 1 rings (SSSR count). The zero-order chi connectivity index (χ0) is 19.0. The summed E-state index contributed by atoms with van der Waals surface area (Å²) < 4.78 is 0. The third kappa shape index (κ3) is 6.12. The summed E-state index contributed by atoms with van der Waals surface area (Å²) in [5, 5.41) is 0. The molecular weight excluding hydrogens is 304 g/mol. The predicted octanol–water partition coefficient (Wildman–Crippen LogP) is 7.21. The lowest BCUT2D eigenvalue weighted by molar-refractivity contribution is 0.992. The zero-order valence-corrected chi connectivity index (χ0v) is 17.3. The molecule has 0 atom stereocenters. The third-order valence-corrected chi connectivity index (χ3v) is 4.20. The summed E-state index contributed by atoms with van der Waals surface area (Å²) >= 11 is 0. The molecule has 0 fully saturated rings. The van der Waals surface area contributed by atoms with Crippen LogP contribution >= 0.6 is 0 Å². The minimum absolute atomic E-state index is 0.954. The first-order chi connectivity index (χ1) is 11.8. The van der Waals surface area contributed by atoms with Gasteiger partial charge in [0.25, 0.3) is 0 Å². The number of hydrogen-bond donors (Lipinski definition) is 0. The molecule has 0 amide bonds. The van der Waals surface area contributed by atoms with Gasteiger partial charge in [-0.3, -0.25) is 9.98 Å². The molecule has 2 heteroatoms. The average molecular weight is 339 g/mol. The van der Waals surface area contributed by atoms with Crippen molar-refractivity contribution in [1.29, 1.82) is 0 Å². The maximum Gasteiger partial charge on any atom is 0.0691 e. The standard InChI is InChI=1S/C23H34N2/c1-9-12-19(7)24-20(8)21(11-3)22(13-10-2)25-23-17(5)14-16(4)15-18(23)6/h11-12,14-15H,9-10,13H2,1-8H3/b19-12-,21-11+,24-20+,25-22?. The van der Waals surface area contributed by atoms with Crippen molar-refractivity contribution in [2.45, 2.75) is 74.7 Å². The maximum atomic E-state index is 5.08. The van der Waals surface area contributed by atoms with E-state index < -0.39 is 0 Å². The molecule has 1 aromatic rings. The van der Waals surface area contributed by atoms with E-state index in [0.717, 1.165) is 47.6 Å².